The van der Waals surface area contributed by atoms with Crippen molar-refractivity contribution in [3.05, 3.63) is 29.8 Å². The van der Waals surface area contributed by atoms with E-state index < -0.39 is 21.3 Å². The minimum atomic E-state index is -3.05. The molecule has 1 unspecified atom stereocenters. The molecule has 0 saturated heterocycles. The SMILES string of the molecule is COC(=O)COS(=O)(=S)c1ccc(C)cc1. The minimum Gasteiger partial charge on any atom is -0.467 e. The van der Waals surface area contributed by atoms with Crippen molar-refractivity contribution < 1.29 is 17.9 Å². The van der Waals surface area contributed by atoms with Gasteiger partial charge in [-0.05, 0) is 19.1 Å². The lowest BCUT2D eigenvalue weighted by Crippen LogP contribution is -2.14. The maximum atomic E-state index is 11.9. The molecular weight excluding hydrogens is 248 g/mol. The third-order valence-electron chi connectivity index (χ3n) is 1.87. The lowest BCUT2D eigenvalue weighted by atomic mass is 10.2. The highest BCUT2D eigenvalue weighted by Crippen LogP contribution is 2.13. The van der Waals surface area contributed by atoms with E-state index in [1.807, 2.05) is 6.92 Å². The van der Waals surface area contributed by atoms with Crippen molar-refractivity contribution in [1.82, 2.24) is 0 Å². The van der Waals surface area contributed by atoms with Gasteiger partial charge in [0.1, 0.15) is 0 Å². The fourth-order valence-electron chi connectivity index (χ4n) is 0.958. The van der Waals surface area contributed by atoms with Crippen LogP contribution >= 0.6 is 0 Å². The Labute approximate surface area is 99.4 Å². The summed E-state index contributed by atoms with van der Waals surface area (Å²) < 4.78 is 21.1. The topological polar surface area (TPSA) is 52.6 Å². The number of benzene rings is 1. The first-order valence-corrected chi connectivity index (χ1v) is 6.89. The van der Waals surface area contributed by atoms with E-state index in [2.05, 4.69) is 4.74 Å². The molecule has 6 heteroatoms. The Balaban J connectivity index is 2.78. The summed E-state index contributed by atoms with van der Waals surface area (Å²) in [5.74, 6) is -0.607. The van der Waals surface area contributed by atoms with Gasteiger partial charge in [0.05, 0.1) is 12.0 Å². The Bertz CT molecular complexity index is 462. The van der Waals surface area contributed by atoms with E-state index in [1.165, 1.54) is 7.11 Å². The molecule has 0 spiro atoms. The number of rotatable bonds is 4. The molecule has 0 radical (unpaired) electrons. The average molecular weight is 260 g/mol. The average Bonchev–Trinajstić information content (AvgIpc) is 2.26. The van der Waals surface area contributed by atoms with E-state index in [-0.39, 0.29) is 0 Å². The normalized spacial score (nSPS) is 14.1. The van der Waals surface area contributed by atoms with Gasteiger partial charge in [0.2, 0.25) is 0 Å². The summed E-state index contributed by atoms with van der Waals surface area (Å²) in [7, 11) is -1.82. The van der Waals surface area contributed by atoms with E-state index >= 15 is 0 Å². The number of ether oxygens (including phenoxy) is 1. The van der Waals surface area contributed by atoms with Crippen LogP contribution in [0.4, 0.5) is 0 Å². The summed E-state index contributed by atoms with van der Waals surface area (Å²) in [6, 6.07) is 6.81. The molecule has 0 bridgehead atoms. The van der Waals surface area contributed by atoms with E-state index in [9.17, 15) is 9.00 Å². The van der Waals surface area contributed by atoms with E-state index in [4.69, 9.17) is 15.4 Å². The van der Waals surface area contributed by atoms with Gasteiger partial charge in [0, 0.05) is 11.2 Å². The Hall–Kier alpha value is -0.980. The number of methoxy groups -OCH3 is 1. The van der Waals surface area contributed by atoms with E-state index in [1.54, 1.807) is 24.3 Å². The van der Waals surface area contributed by atoms with Gasteiger partial charge >= 0.3 is 5.97 Å². The van der Waals surface area contributed by atoms with Gasteiger partial charge < -0.3 is 4.74 Å². The van der Waals surface area contributed by atoms with Gasteiger partial charge in [-0.1, -0.05) is 17.7 Å². The quantitative estimate of drug-likeness (QED) is 0.762. The zero-order valence-corrected chi connectivity index (χ0v) is 10.6. The van der Waals surface area contributed by atoms with Crippen LogP contribution in [0.15, 0.2) is 29.2 Å². The van der Waals surface area contributed by atoms with Crippen molar-refractivity contribution in [1.29, 1.82) is 0 Å². The molecule has 0 aromatic heterocycles. The molecule has 0 amide bonds. The van der Waals surface area contributed by atoms with Gasteiger partial charge in [0.25, 0.3) is 0 Å². The summed E-state index contributed by atoms with van der Waals surface area (Å²) in [5.41, 5.74) is 1.03. The van der Waals surface area contributed by atoms with Crippen LogP contribution in [0.1, 0.15) is 5.56 Å². The van der Waals surface area contributed by atoms with Gasteiger partial charge in [-0.2, -0.15) is 0 Å². The molecule has 1 rings (SSSR count). The summed E-state index contributed by atoms with van der Waals surface area (Å²) in [4.78, 5) is 11.2. The molecule has 16 heavy (non-hydrogen) atoms. The fraction of sp³-hybridized carbons (Fsp3) is 0.300. The lowest BCUT2D eigenvalue weighted by Gasteiger charge is -2.07. The minimum absolute atomic E-state index is 0.386. The predicted molar refractivity (Wildman–Crippen MR) is 62.9 cm³/mol. The number of hydrogen-bond donors (Lipinski definition) is 0. The van der Waals surface area contributed by atoms with Crippen molar-refractivity contribution in [3.63, 3.8) is 0 Å². The largest absolute Gasteiger partial charge is 0.467 e. The number of esters is 1. The zero-order chi connectivity index (χ0) is 12.2. The highest BCUT2D eigenvalue weighted by atomic mass is 32.8. The third kappa shape index (κ3) is 3.55. The molecule has 0 saturated carbocycles. The molecule has 1 aromatic rings. The Morgan fingerprint density at radius 3 is 2.44 bits per heavy atom. The molecule has 88 valence electrons. The van der Waals surface area contributed by atoms with Gasteiger partial charge in [0.15, 0.2) is 15.4 Å². The molecule has 1 aromatic carbocycles. The Kier molecular flexibility index (Phi) is 4.40. The predicted octanol–water partition coefficient (Wildman–Crippen LogP) is 1.20. The second-order valence-electron chi connectivity index (χ2n) is 3.11. The molecular formula is C10H12O4S2. The van der Waals surface area contributed by atoms with Gasteiger partial charge in [-0.25, -0.2) is 9.00 Å². The zero-order valence-electron chi connectivity index (χ0n) is 8.97. The molecule has 0 aliphatic heterocycles. The highest BCUT2D eigenvalue weighted by molar-refractivity contribution is 8.30. The lowest BCUT2D eigenvalue weighted by molar-refractivity contribution is -0.142. The van der Waals surface area contributed by atoms with Crippen molar-refractivity contribution in [2.75, 3.05) is 13.7 Å². The van der Waals surface area contributed by atoms with Crippen LogP contribution in [0, 0.1) is 6.92 Å². The van der Waals surface area contributed by atoms with Crippen LogP contribution in [0.2, 0.25) is 0 Å². The summed E-state index contributed by atoms with van der Waals surface area (Å²) in [6.45, 7) is 1.50. The number of hydrogen-bond acceptors (Lipinski definition) is 5. The van der Waals surface area contributed by atoms with Crippen LogP contribution < -0.4 is 0 Å². The maximum absolute atomic E-state index is 11.9. The molecule has 0 heterocycles. The number of aryl methyl sites for hydroxylation is 1. The second kappa shape index (κ2) is 5.38. The highest BCUT2D eigenvalue weighted by Gasteiger charge is 2.13. The fourth-order valence-corrected chi connectivity index (χ4v) is 2.29. The molecule has 0 aliphatic rings. The van der Waals surface area contributed by atoms with Crippen LogP contribution in [-0.2, 0) is 33.7 Å². The molecule has 1 atom stereocenters. The number of carbonyl (C=O) groups is 1. The van der Waals surface area contributed by atoms with Crippen LogP contribution in [0.5, 0.6) is 0 Å². The monoisotopic (exact) mass is 260 g/mol. The number of carbonyl (C=O) groups excluding carboxylic acids is 1. The van der Waals surface area contributed by atoms with Crippen molar-refractivity contribution in [2.45, 2.75) is 11.8 Å². The second-order valence-corrected chi connectivity index (χ2v) is 6.04. The summed E-state index contributed by atoms with van der Waals surface area (Å²) >= 11 is 4.82. The van der Waals surface area contributed by atoms with Crippen molar-refractivity contribution in [3.8, 4) is 0 Å². The standard InChI is InChI=1S/C10H12O4S2/c1-8-3-5-9(6-4-8)16(12,15)14-7-10(11)13-2/h3-6H,7H2,1-2H3. The van der Waals surface area contributed by atoms with Crippen LogP contribution in [0.3, 0.4) is 0 Å². The Morgan fingerprint density at radius 1 is 1.38 bits per heavy atom. The van der Waals surface area contributed by atoms with E-state index in [0.717, 1.165) is 5.56 Å². The van der Waals surface area contributed by atoms with Gasteiger partial charge in [-0.3, -0.25) is 4.18 Å². The first-order valence-electron chi connectivity index (χ1n) is 4.48. The third-order valence-corrected chi connectivity index (χ3v) is 4.01. The first kappa shape index (κ1) is 13.1. The van der Waals surface area contributed by atoms with Crippen molar-refractivity contribution in [2.24, 2.45) is 0 Å². The van der Waals surface area contributed by atoms with Crippen molar-refractivity contribution >= 4 is 25.9 Å². The van der Waals surface area contributed by atoms with E-state index in [0.29, 0.717) is 4.90 Å². The summed E-state index contributed by atoms with van der Waals surface area (Å²) in [5, 5.41) is 0. The Morgan fingerprint density at radius 2 is 1.94 bits per heavy atom. The smallest absolute Gasteiger partial charge is 0.333 e. The molecule has 0 N–H and O–H groups in total. The first-order chi connectivity index (χ1) is 7.45. The molecule has 0 fully saturated rings. The van der Waals surface area contributed by atoms with Gasteiger partial charge in [-0.15, -0.1) is 0 Å². The van der Waals surface area contributed by atoms with Crippen LogP contribution in [-0.4, -0.2) is 23.9 Å². The molecule has 4 nitrogen and oxygen atoms in total. The molecule has 0 aliphatic carbocycles. The summed E-state index contributed by atoms with van der Waals surface area (Å²) in [6.07, 6.45) is 0. The maximum Gasteiger partial charge on any atom is 0.333 e. The van der Waals surface area contributed by atoms with Crippen LogP contribution in [0.25, 0.3) is 0 Å².